The minimum atomic E-state index is -3.80. The number of nitrogens with one attached hydrogen (secondary N) is 1. The fourth-order valence-electron chi connectivity index (χ4n) is 2.91. The number of methoxy groups -OCH3 is 1. The van der Waals surface area contributed by atoms with Gasteiger partial charge < -0.3 is 10.1 Å². The van der Waals surface area contributed by atoms with Crippen LogP contribution in [0.4, 0.5) is 0 Å². The SMILES string of the molecule is COc1cc(C#N)ccc1S(=O)(=O)N1CCNCC1c1cccnc1.Cl. The van der Waals surface area contributed by atoms with Crippen molar-refractivity contribution in [2.24, 2.45) is 0 Å². The highest BCUT2D eigenvalue weighted by atomic mass is 35.5. The molecule has 0 saturated carbocycles. The lowest BCUT2D eigenvalue weighted by atomic mass is 10.1. The van der Waals surface area contributed by atoms with E-state index < -0.39 is 10.0 Å². The van der Waals surface area contributed by atoms with E-state index in [1.54, 1.807) is 18.5 Å². The number of nitrogens with zero attached hydrogens (tertiary/aromatic N) is 3. The van der Waals surface area contributed by atoms with Crippen LogP contribution >= 0.6 is 12.4 Å². The van der Waals surface area contributed by atoms with Gasteiger partial charge in [-0.15, -0.1) is 12.4 Å². The Bertz CT molecular complexity index is 900. The molecule has 1 aromatic carbocycles. The Balaban J connectivity index is 0.00000243. The highest BCUT2D eigenvalue weighted by molar-refractivity contribution is 7.89. The standard InChI is InChI=1S/C17H18N4O3S.ClH/c1-24-16-9-13(10-18)4-5-17(16)25(22,23)21-8-7-20-12-15(21)14-3-2-6-19-11-14;/h2-6,9,11,15,20H,7-8,12H2,1H3;1H. The van der Waals surface area contributed by atoms with Crippen LogP contribution in [-0.2, 0) is 10.0 Å². The van der Waals surface area contributed by atoms with Crippen molar-refractivity contribution in [3.8, 4) is 11.8 Å². The van der Waals surface area contributed by atoms with Crippen molar-refractivity contribution in [3.63, 3.8) is 0 Å². The smallest absolute Gasteiger partial charge is 0.247 e. The second kappa shape index (κ2) is 8.47. The van der Waals surface area contributed by atoms with Gasteiger partial charge in [0.25, 0.3) is 0 Å². The molecule has 1 fully saturated rings. The van der Waals surface area contributed by atoms with Crippen LogP contribution in [0.15, 0.2) is 47.6 Å². The monoisotopic (exact) mass is 394 g/mol. The highest BCUT2D eigenvalue weighted by Gasteiger charge is 2.36. The van der Waals surface area contributed by atoms with Crippen LogP contribution in [0.2, 0.25) is 0 Å². The zero-order valence-corrected chi connectivity index (χ0v) is 15.8. The number of pyridine rings is 1. The lowest BCUT2D eigenvalue weighted by molar-refractivity contribution is 0.270. The lowest BCUT2D eigenvalue weighted by Gasteiger charge is -2.35. The van der Waals surface area contributed by atoms with Gasteiger partial charge in [-0.3, -0.25) is 4.98 Å². The molecular weight excluding hydrogens is 376 g/mol. The minimum Gasteiger partial charge on any atom is -0.495 e. The number of halogens is 1. The van der Waals surface area contributed by atoms with E-state index in [0.29, 0.717) is 25.2 Å². The summed E-state index contributed by atoms with van der Waals surface area (Å²) >= 11 is 0. The first kappa shape index (κ1) is 20.1. The van der Waals surface area contributed by atoms with E-state index in [9.17, 15) is 8.42 Å². The number of benzene rings is 1. The summed E-state index contributed by atoms with van der Waals surface area (Å²) in [6.45, 7) is 1.41. The van der Waals surface area contributed by atoms with Crippen molar-refractivity contribution in [2.45, 2.75) is 10.9 Å². The van der Waals surface area contributed by atoms with Crippen molar-refractivity contribution in [1.29, 1.82) is 5.26 Å². The van der Waals surface area contributed by atoms with Gasteiger partial charge in [-0.1, -0.05) is 6.07 Å². The number of rotatable bonds is 4. The Morgan fingerprint density at radius 1 is 1.38 bits per heavy atom. The average Bonchev–Trinajstić information content (AvgIpc) is 2.68. The van der Waals surface area contributed by atoms with Crippen molar-refractivity contribution < 1.29 is 13.2 Å². The Kier molecular flexibility index (Phi) is 6.56. The molecule has 138 valence electrons. The van der Waals surface area contributed by atoms with E-state index in [-0.39, 0.29) is 29.1 Å². The molecule has 1 aromatic heterocycles. The molecule has 1 aliphatic rings. The molecule has 7 nitrogen and oxygen atoms in total. The number of ether oxygens (including phenoxy) is 1. The third-order valence-electron chi connectivity index (χ3n) is 4.14. The van der Waals surface area contributed by atoms with Gasteiger partial charge in [0.15, 0.2) is 0 Å². The molecular formula is C17H19ClN4O3S. The van der Waals surface area contributed by atoms with Crippen LogP contribution in [0.3, 0.4) is 0 Å². The number of nitriles is 1. The van der Waals surface area contributed by atoms with Gasteiger partial charge in [-0.25, -0.2) is 8.42 Å². The quantitative estimate of drug-likeness (QED) is 0.848. The summed E-state index contributed by atoms with van der Waals surface area (Å²) < 4.78 is 33.2. The summed E-state index contributed by atoms with van der Waals surface area (Å²) in [5.74, 6) is 0.169. The molecule has 2 heterocycles. The number of piperazine rings is 1. The van der Waals surface area contributed by atoms with Crippen LogP contribution in [0, 0.1) is 11.3 Å². The maximum absolute atomic E-state index is 13.3. The summed E-state index contributed by atoms with van der Waals surface area (Å²) in [6, 6.07) is 9.63. The largest absolute Gasteiger partial charge is 0.495 e. The number of hydrogen-bond acceptors (Lipinski definition) is 6. The fourth-order valence-corrected chi connectivity index (χ4v) is 4.66. The molecule has 3 rings (SSSR count). The minimum absolute atomic E-state index is 0. The second-order valence-corrected chi connectivity index (χ2v) is 7.46. The first-order valence-corrected chi connectivity index (χ1v) is 9.22. The van der Waals surface area contributed by atoms with Crippen LogP contribution in [0.25, 0.3) is 0 Å². The summed E-state index contributed by atoms with van der Waals surface area (Å²) in [5, 5.41) is 12.2. The Hall–Kier alpha value is -2.18. The first-order chi connectivity index (χ1) is 12.1. The summed E-state index contributed by atoms with van der Waals surface area (Å²) in [7, 11) is -2.40. The van der Waals surface area contributed by atoms with Crippen molar-refractivity contribution in [1.82, 2.24) is 14.6 Å². The molecule has 9 heteroatoms. The molecule has 1 atom stereocenters. The van der Waals surface area contributed by atoms with Crippen LogP contribution < -0.4 is 10.1 Å². The molecule has 0 amide bonds. The number of sulfonamides is 1. The molecule has 0 spiro atoms. The average molecular weight is 395 g/mol. The van der Waals surface area contributed by atoms with E-state index in [0.717, 1.165) is 5.56 Å². The van der Waals surface area contributed by atoms with Gasteiger partial charge in [0.1, 0.15) is 10.6 Å². The highest BCUT2D eigenvalue weighted by Crippen LogP contribution is 2.33. The van der Waals surface area contributed by atoms with Gasteiger partial charge in [0, 0.05) is 32.0 Å². The molecule has 1 unspecified atom stereocenters. The van der Waals surface area contributed by atoms with E-state index in [4.69, 9.17) is 10.00 Å². The molecule has 1 saturated heterocycles. The molecule has 2 aromatic rings. The topological polar surface area (TPSA) is 95.3 Å². The van der Waals surface area contributed by atoms with Crippen LogP contribution in [0.5, 0.6) is 5.75 Å². The van der Waals surface area contributed by atoms with Crippen molar-refractivity contribution in [3.05, 3.63) is 53.9 Å². The molecule has 0 bridgehead atoms. The molecule has 26 heavy (non-hydrogen) atoms. The van der Waals surface area contributed by atoms with E-state index in [2.05, 4.69) is 10.3 Å². The molecule has 0 radical (unpaired) electrons. The Labute approximate surface area is 159 Å². The summed E-state index contributed by atoms with van der Waals surface area (Å²) in [5.41, 5.74) is 1.17. The van der Waals surface area contributed by atoms with E-state index in [1.165, 1.54) is 29.6 Å². The van der Waals surface area contributed by atoms with Gasteiger partial charge in [0.2, 0.25) is 10.0 Å². The fraction of sp³-hybridized carbons (Fsp3) is 0.294. The van der Waals surface area contributed by atoms with E-state index in [1.807, 2.05) is 12.1 Å². The maximum atomic E-state index is 13.3. The van der Waals surface area contributed by atoms with E-state index >= 15 is 0 Å². The third-order valence-corrected chi connectivity index (χ3v) is 6.09. The summed E-state index contributed by atoms with van der Waals surface area (Å²) in [6.07, 6.45) is 3.33. The van der Waals surface area contributed by atoms with Gasteiger partial charge >= 0.3 is 0 Å². The van der Waals surface area contributed by atoms with Crippen molar-refractivity contribution in [2.75, 3.05) is 26.7 Å². The number of aromatic nitrogens is 1. The first-order valence-electron chi connectivity index (χ1n) is 7.78. The normalized spacial score (nSPS) is 17.8. The maximum Gasteiger partial charge on any atom is 0.247 e. The van der Waals surface area contributed by atoms with Gasteiger partial charge in [-0.2, -0.15) is 9.57 Å². The predicted molar refractivity (Wildman–Crippen MR) is 98.7 cm³/mol. The summed E-state index contributed by atoms with van der Waals surface area (Å²) in [4.78, 5) is 4.16. The third kappa shape index (κ3) is 3.81. The van der Waals surface area contributed by atoms with Crippen molar-refractivity contribution >= 4 is 22.4 Å². The number of hydrogen-bond donors (Lipinski definition) is 1. The molecule has 1 N–H and O–H groups in total. The second-order valence-electron chi connectivity index (χ2n) is 5.60. The zero-order chi connectivity index (χ0) is 17.9. The molecule has 1 aliphatic heterocycles. The van der Waals surface area contributed by atoms with Gasteiger partial charge in [-0.05, 0) is 29.8 Å². The van der Waals surface area contributed by atoms with Crippen LogP contribution in [0.1, 0.15) is 17.2 Å². The van der Waals surface area contributed by atoms with Gasteiger partial charge in [0.05, 0.1) is 24.8 Å². The molecule has 0 aliphatic carbocycles. The van der Waals surface area contributed by atoms with Crippen LogP contribution in [-0.4, -0.2) is 44.5 Å². The zero-order valence-electron chi connectivity index (χ0n) is 14.1. The Morgan fingerprint density at radius 2 is 2.19 bits per heavy atom. The Morgan fingerprint density at radius 3 is 2.85 bits per heavy atom. The lowest BCUT2D eigenvalue weighted by Crippen LogP contribution is -2.48. The predicted octanol–water partition coefficient (Wildman–Crippen LogP) is 1.72.